The molecular formula is C19H20N2O3S. The average molecular weight is 356 g/mol. The molecule has 0 atom stereocenters. The molecule has 0 unspecified atom stereocenters. The van der Waals surface area contributed by atoms with Crippen LogP contribution in [0.5, 0.6) is 0 Å². The molecule has 5 nitrogen and oxygen atoms in total. The second-order valence-corrected chi connectivity index (χ2v) is 7.70. The molecule has 6 heteroatoms. The predicted molar refractivity (Wildman–Crippen MR) is 99.3 cm³/mol. The standard InChI is InChI=1S/C19H20N2O3S/c1-2-11-25(23,24)19-16-5-3-4-6-17(16)21(18(19)13-22)15-9-7-14(12-20)8-10-15/h2-10,22H,1,11-13,20H2. The van der Waals surface area contributed by atoms with Crippen molar-refractivity contribution in [2.24, 2.45) is 5.73 Å². The number of para-hydroxylation sites is 1. The van der Waals surface area contributed by atoms with E-state index in [1.54, 1.807) is 16.7 Å². The molecule has 3 aromatic rings. The van der Waals surface area contributed by atoms with Crippen LogP contribution in [0, 0.1) is 0 Å². The number of hydrogen-bond acceptors (Lipinski definition) is 4. The molecule has 1 heterocycles. The molecular weight excluding hydrogens is 336 g/mol. The Morgan fingerprint density at radius 3 is 2.40 bits per heavy atom. The zero-order chi connectivity index (χ0) is 18.0. The van der Waals surface area contributed by atoms with Gasteiger partial charge < -0.3 is 15.4 Å². The second kappa shape index (κ2) is 6.84. The predicted octanol–water partition coefficient (Wildman–Crippen LogP) is 2.54. The zero-order valence-electron chi connectivity index (χ0n) is 13.7. The van der Waals surface area contributed by atoms with Crippen molar-refractivity contribution in [2.75, 3.05) is 5.75 Å². The van der Waals surface area contributed by atoms with Gasteiger partial charge in [-0.2, -0.15) is 0 Å². The topological polar surface area (TPSA) is 85.3 Å². The van der Waals surface area contributed by atoms with Crippen molar-refractivity contribution in [1.29, 1.82) is 0 Å². The van der Waals surface area contributed by atoms with Crippen LogP contribution in [0.1, 0.15) is 11.3 Å². The Hall–Kier alpha value is -2.41. The Labute approximate surface area is 146 Å². The highest BCUT2D eigenvalue weighted by molar-refractivity contribution is 7.91. The first-order valence-electron chi connectivity index (χ1n) is 7.89. The molecule has 0 saturated heterocycles. The average Bonchev–Trinajstić information content (AvgIpc) is 2.97. The molecule has 25 heavy (non-hydrogen) atoms. The highest BCUT2D eigenvalue weighted by Gasteiger charge is 2.26. The van der Waals surface area contributed by atoms with E-state index in [9.17, 15) is 13.5 Å². The third-order valence-corrected chi connectivity index (χ3v) is 5.90. The first kappa shape index (κ1) is 17.4. The van der Waals surface area contributed by atoms with Crippen molar-refractivity contribution in [2.45, 2.75) is 18.0 Å². The lowest BCUT2D eigenvalue weighted by molar-refractivity contribution is 0.271. The fourth-order valence-corrected chi connectivity index (χ4v) is 4.57. The summed E-state index contributed by atoms with van der Waals surface area (Å²) in [5.74, 6) is -0.180. The summed E-state index contributed by atoms with van der Waals surface area (Å²) in [4.78, 5) is 0.161. The van der Waals surface area contributed by atoms with E-state index >= 15 is 0 Å². The molecule has 1 aromatic heterocycles. The van der Waals surface area contributed by atoms with Gasteiger partial charge in [0, 0.05) is 17.6 Å². The molecule has 2 aromatic carbocycles. The van der Waals surface area contributed by atoms with Crippen LogP contribution in [0.2, 0.25) is 0 Å². The molecule has 0 aliphatic rings. The summed E-state index contributed by atoms with van der Waals surface area (Å²) >= 11 is 0. The van der Waals surface area contributed by atoms with Gasteiger partial charge in [0.2, 0.25) is 0 Å². The lowest BCUT2D eigenvalue weighted by atomic mass is 10.2. The van der Waals surface area contributed by atoms with Gasteiger partial charge in [0.15, 0.2) is 9.84 Å². The number of nitrogens with zero attached hydrogens (tertiary/aromatic N) is 1. The number of aromatic nitrogens is 1. The van der Waals surface area contributed by atoms with Crippen LogP contribution in [-0.4, -0.2) is 23.8 Å². The summed E-state index contributed by atoms with van der Waals surface area (Å²) in [6.07, 6.45) is 1.36. The molecule has 0 saturated carbocycles. The molecule has 3 rings (SSSR count). The Morgan fingerprint density at radius 1 is 1.12 bits per heavy atom. The van der Waals surface area contributed by atoms with Crippen molar-refractivity contribution in [3.63, 3.8) is 0 Å². The minimum Gasteiger partial charge on any atom is -0.390 e. The summed E-state index contributed by atoms with van der Waals surface area (Å²) in [6, 6.07) is 14.8. The summed E-state index contributed by atoms with van der Waals surface area (Å²) < 4.78 is 27.3. The van der Waals surface area contributed by atoms with Gasteiger partial charge in [-0.3, -0.25) is 0 Å². The number of nitrogens with two attached hydrogens (primary N) is 1. The van der Waals surface area contributed by atoms with E-state index < -0.39 is 9.84 Å². The molecule has 0 radical (unpaired) electrons. The fourth-order valence-electron chi connectivity index (χ4n) is 3.07. The van der Waals surface area contributed by atoms with Crippen molar-refractivity contribution in [3.05, 3.63) is 72.4 Å². The van der Waals surface area contributed by atoms with E-state index in [-0.39, 0.29) is 17.3 Å². The Balaban J connectivity index is 2.37. The third kappa shape index (κ3) is 3.00. The first-order chi connectivity index (χ1) is 12.0. The van der Waals surface area contributed by atoms with Crippen LogP contribution in [0.15, 0.2) is 66.1 Å². The van der Waals surface area contributed by atoms with Gasteiger partial charge >= 0.3 is 0 Å². The molecule has 3 N–H and O–H groups in total. The first-order valence-corrected chi connectivity index (χ1v) is 9.55. The third-order valence-electron chi connectivity index (χ3n) is 4.15. The molecule has 0 aliphatic carbocycles. The van der Waals surface area contributed by atoms with Crippen LogP contribution in [-0.2, 0) is 23.0 Å². The van der Waals surface area contributed by atoms with Crippen LogP contribution in [0.3, 0.4) is 0 Å². The minimum absolute atomic E-state index is 0.161. The van der Waals surface area contributed by atoms with Crippen molar-refractivity contribution < 1.29 is 13.5 Å². The van der Waals surface area contributed by atoms with Crippen molar-refractivity contribution in [3.8, 4) is 5.69 Å². The maximum absolute atomic E-state index is 12.8. The van der Waals surface area contributed by atoms with Crippen molar-refractivity contribution in [1.82, 2.24) is 4.57 Å². The van der Waals surface area contributed by atoms with Gasteiger partial charge in [-0.25, -0.2) is 8.42 Å². The van der Waals surface area contributed by atoms with Gasteiger partial charge in [0.25, 0.3) is 0 Å². The quantitative estimate of drug-likeness (QED) is 0.665. The van der Waals surface area contributed by atoms with E-state index in [4.69, 9.17) is 5.73 Å². The number of aliphatic hydroxyl groups is 1. The lowest BCUT2D eigenvalue weighted by Gasteiger charge is -2.11. The minimum atomic E-state index is -3.60. The lowest BCUT2D eigenvalue weighted by Crippen LogP contribution is -2.09. The Bertz CT molecular complexity index is 1020. The maximum atomic E-state index is 12.8. The van der Waals surface area contributed by atoms with Gasteiger partial charge in [-0.15, -0.1) is 6.58 Å². The van der Waals surface area contributed by atoms with Crippen LogP contribution < -0.4 is 5.73 Å². The SMILES string of the molecule is C=CCS(=O)(=O)c1c(CO)n(-c2ccc(CN)cc2)c2ccccc12. The van der Waals surface area contributed by atoms with Crippen LogP contribution >= 0.6 is 0 Å². The number of fused-ring (bicyclic) bond motifs is 1. The van der Waals surface area contributed by atoms with Crippen LogP contribution in [0.4, 0.5) is 0 Å². The van der Waals surface area contributed by atoms with Gasteiger partial charge in [0.1, 0.15) is 0 Å². The number of sulfone groups is 1. The van der Waals surface area contributed by atoms with E-state index in [1.165, 1.54) is 6.08 Å². The van der Waals surface area contributed by atoms with E-state index in [2.05, 4.69) is 6.58 Å². The largest absolute Gasteiger partial charge is 0.390 e. The number of rotatable bonds is 6. The highest BCUT2D eigenvalue weighted by Crippen LogP contribution is 2.33. The maximum Gasteiger partial charge on any atom is 0.184 e. The number of hydrogen-bond donors (Lipinski definition) is 2. The monoisotopic (exact) mass is 356 g/mol. The van der Waals surface area contributed by atoms with Crippen LogP contribution in [0.25, 0.3) is 16.6 Å². The molecule has 130 valence electrons. The smallest absolute Gasteiger partial charge is 0.184 e. The number of aliphatic hydroxyl groups excluding tert-OH is 1. The number of benzene rings is 2. The van der Waals surface area contributed by atoms with Gasteiger partial charge in [0.05, 0.1) is 28.5 Å². The summed E-state index contributed by atoms with van der Waals surface area (Å²) in [7, 11) is -3.60. The molecule has 0 amide bonds. The van der Waals surface area contributed by atoms with E-state index in [0.29, 0.717) is 17.6 Å². The summed E-state index contributed by atoms with van der Waals surface area (Å²) in [5, 5.41) is 10.6. The van der Waals surface area contributed by atoms with E-state index in [0.717, 1.165) is 16.8 Å². The normalized spacial score (nSPS) is 11.8. The molecule has 0 bridgehead atoms. The van der Waals surface area contributed by atoms with Gasteiger partial charge in [-0.1, -0.05) is 36.4 Å². The van der Waals surface area contributed by atoms with Gasteiger partial charge in [-0.05, 0) is 23.8 Å². The van der Waals surface area contributed by atoms with E-state index in [1.807, 2.05) is 36.4 Å². The zero-order valence-corrected chi connectivity index (χ0v) is 14.5. The molecule has 0 aliphatic heterocycles. The molecule has 0 fully saturated rings. The summed E-state index contributed by atoms with van der Waals surface area (Å²) in [6.45, 7) is 3.57. The molecule has 0 spiro atoms. The summed E-state index contributed by atoms with van der Waals surface area (Å²) in [5.41, 5.74) is 8.48. The highest BCUT2D eigenvalue weighted by atomic mass is 32.2. The Kier molecular flexibility index (Phi) is 4.76. The van der Waals surface area contributed by atoms with Crippen molar-refractivity contribution >= 4 is 20.7 Å². The second-order valence-electron chi connectivity index (χ2n) is 5.73. The fraction of sp³-hybridized carbons (Fsp3) is 0.158. The Morgan fingerprint density at radius 2 is 1.80 bits per heavy atom.